The van der Waals surface area contributed by atoms with Gasteiger partial charge in [0, 0.05) is 18.3 Å². The number of aromatic nitrogens is 1. The van der Waals surface area contributed by atoms with Gasteiger partial charge in [-0.2, -0.15) is 0 Å². The molecule has 0 bridgehead atoms. The molecule has 0 radical (unpaired) electrons. The minimum Gasteiger partial charge on any atom is -0.487 e. The highest BCUT2D eigenvalue weighted by Crippen LogP contribution is 2.29. The number of benzene rings is 3. The molecule has 0 atom stereocenters. The van der Waals surface area contributed by atoms with E-state index in [1.807, 2.05) is 18.2 Å². The Bertz CT molecular complexity index is 1300. The van der Waals surface area contributed by atoms with Crippen LogP contribution in [0.2, 0.25) is 0 Å². The molecule has 2 aromatic heterocycles. The fraction of sp³-hybridized carbons (Fsp3) is 0.143. The third-order valence-corrected chi connectivity index (χ3v) is 5.77. The van der Waals surface area contributed by atoms with E-state index < -0.39 is 0 Å². The van der Waals surface area contributed by atoms with Crippen molar-refractivity contribution in [3.63, 3.8) is 0 Å². The van der Waals surface area contributed by atoms with Gasteiger partial charge in [0.2, 0.25) is 0 Å². The van der Waals surface area contributed by atoms with Crippen LogP contribution in [-0.2, 0) is 19.4 Å². The SMILES string of the molecule is CCc1cc2c(OCc3ccccc3)cccn2c1Cc1ccc2ccccc2c1. The van der Waals surface area contributed by atoms with Crippen LogP contribution in [0.15, 0.2) is 97.2 Å². The van der Waals surface area contributed by atoms with Gasteiger partial charge in [0.1, 0.15) is 12.4 Å². The van der Waals surface area contributed by atoms with Crippen molar-refractivity contribution < 1.29 is 4.74 Å². The van der Waals surface area contributed by atoms with Gasteiger partial charge in [0.05, 0.1) is 5.52 Å². The van der Waals surface area contributed by atoms with E-state index in [4.69, 9.17) is 4.74 Å². The maximum Gasteiger partial charge on any atom is 0.143 e. The molecule has 0 spiro atoms. The molecular formula is C28H25NO. The molecule has 0 saturated carbocycles. The lowest BCUT2D eigenvalue weighted by molar-refractivity contribution is 0.309. The zero-order chi connectivity index (χ0) is 20.3. The molecule has 30 heavy (non-hydrogen) atoms. The van der Waals surface area contributed by atoms with E-state index >= 15 is 0 Å². The van der Waals surface area contributed by atoms with Gasteiger partial charge >= 0.3 is 0 Å². The lowest BCUT2D eigenvalue weighted by Crippen LogP contribution is -2.00. The summed E-state index contributed by atoms with van der Waals surface area (Å²) in [7, 11) is 0. The zero-order valence-electron chi connectivity index (χ0n) is 17.2. The Kier molecular flexibility index (Phi) is 4.98. The Morgan fingerprint density at radius 2 is 1.53 bits per heavy atom. The minimum atomic E-state index is 0.577. The molecule has 2 heterocycles. The molecule has 0 aliphatic carbocycles. The molecule has 0 amide bonds. The summed E-state index contributed by atoms with van der Waals surface area (Å²) in [5.41, 5.74) is 6.37. The van der Waals surface area contributed by atoms with Crippen molar-refractivity contribution in [2.24, 2.45) is 0 Å². The van der Waals surface area contributed by atoms with Crippen LogP contribution in [0.4, 0.5) is 0 Å². The summed E-state index contributed by atoms with van der Waals surface area (Å²) >= 11 is 0. The Labute approximate surface area is 177 Å². The number of aryl methyl sites for hydroxylation is 1. The first kappa shape index (κ1) is 18.5. The highest BCUT2D eigenvalue weighted by atomic mass is 16.5. The molecule has 2 heteroatoms. The third-order valence-electron chi connectivity index (χ3n) is 5.77. The standard InChI is InChI=1S/C28H25NO/c1-2-23-19-27-28(30-20-21-9-4-3-5-10-21)13-8-16-29(27)26(23)18-22-14-15-24-11-6-7-12-25(24)17-22/h3-17,19H,2,18,20H2,1H3. The van der Waals surface area contributed by atoms with Crippen molar-refractivity contribution in [1.29, 1.82) is 0 Å². The van der Waals surface area contributed by atoms with Gasteiger partial charge in [0.25, 0.3) is 0 Å². The summed E-state index contributed by atoms with van der Waals surface area (Å²) in [6.45, 7) is 2.80. The second-order valence-electron chi connectivity index (χ2n) is 7.73. The lowest BCUT2D eigenvalue weighted by Gasteiger charge is -2.10. The van der Waals surface area contributed by atoms with Crippen LogP contribution in [0.3, 0.4) is 0 Å². The van der Waals surface area contributed by atoms with E-state index in [1.165, 1.54) is 33.2 Å². The van der Waals surface area contributed by atoms with E-state index in [0.717, 1.165) is 24.1 Å². The van der Waals surface area contributed by atoms with Crippen molar-refractivity contribution in [3.05, 3.63) is 120 Å². The second-order valence-corrected chi connectivity index (χ2v) is 7.73. The molecule has 2 nitrogen and oxygen atoms in total. The highest BCUT2D eigenvalue weighted by molar-refractivity contribution is 5.83. The predicted molar refractivity (Wildman–Crippen MR) is 124 cm³/mol. The quantitative estimate of drug-likeness (QED) is 0.309. The Morgan fingerprint density at radius 1 is 0.733 bits per heavy atom. The molecule has 5 aromatic rings. The summed E-state index contributed by atoms with van der Waals surface area (Å²) in [6, 6.07) is 32.1. The number of nitrogens with zero attached hydrogens (tertiary/aromatic N) is 1. The number of rotatable bonds is 6. The molecule has 0 unspecified atom stereocenters. The molecule has 0 N–H and O–H groups in total. The molecular weight excluding hydrogens is 366 g/mol. The van der Waals surface area contributed by atoms with Crippen molar-refractivity contribution in [2.75, 3.05) is 0 Å². The van der Waals surface area contributed by atoms with Crippen molar-refractivity contribution >= 4 is 16.3 Å². The molecule has 3 aromatic carbocycles. The van der Waals surface area contributed by atoms with Gasteiger partial charge in [-0.25, -0.2) is 0 Å². The largest absolute Gasteiger partial charge is 0.487 e. The first-order valence-electron chi connectivity index (χ1n) is 10.6. The predicted octanol–water partition coefficient (Wildman–Crippen LogP) is 6.82. The van der Waals surface area contributed by atoms with E-state index in [1.54, 1.807) is 0 Å². The summed E-state index contributed by atoms with van der Waals surface area (Å²) in [5.74, 6) is 0.931. The lowest BCUT2D eigenvalue weighted by atomic mass is 10.0. The number of hydrogen-bond donors (Lipinski definition) is 0. The molecule has 5 rings (SSSR count). The second kappa shape index (κ2) is 8.08. The average Bonchev–Trinajstić information content (AvgIpc) is 3.16. The van der Waals surface area contributed by atoms with Gasteiger partial charge in [0.15, 0.2) is 0 Å². The Morgan fingerprint density at radius 3 is 2.37 bits per heavy atom. The van der Waals surface area contributed by atoms with Gasteiger partial charge in [-0.1, -0.05) is 79.7 Å². The number of hydrogen-bond acceptors (Lipinski definition) is 1. The highest BCUT2D eigenvalue weighted by Gasteiger charge is 2.13. The van der Waals surface area contributed by atoms with Gasteiger partial charge in [-0.3, -0.25) is 0 Å². The van der Waals surface area contributed by atoms with Gasteiger partial charge in [-0.05, 0) is 52.1 Å². The smallest absolute Gasteiger partial charge is 0.143 e. The van der Waals surface area contributed by atoms with Gasteiger partial charge < -0.3 is 9.14 Å². The average molecular weight is 392 g/mol. The monoisotopic (exact) mass is 391 g/mol. The topological polar surface area (TPSA) is 13.6 Å². The number of ether oxygens (including phenoxy) is 1. The molecule has 0 aliphatic heterocycles. The van der Waals surface area contributed by atoms with E-state index in [0.29, 0.717) is 6.61 Å². The van der Waals surface area contributed by atoms with Crippen molar-refractivity contribution in [1.82, 2.24) is 4.40 Å². The maximum absolute atomic E-state index is 6.21. The van der Waals surface area contributed by atoms with Crippen LogP contribution in [0, 0.1) is 0 Å². The minimum absolute atomic E-state index is 0.577. The number of pyridine rings is 1. The van der Waals surface area contributed by atoms with Crippen LogP contribution in [0.5, 0.6) is 5.75 Å². The van der Waals surface area contributed by atoms with Gasteiger partial charge in [-0.15, -0.1) is 0 Å². The van der Waals surface area contributed by atoms with E-state index in [2.05, 4.69) is 90.3 Å². The van der Waals surface area contributed by atoms with Crippen LogP contribution in [0.25, 0.3) is 16.3 Å². The van der Waals surface area contributed by atoms with Crippen LogP contribution >= 0.6 is 0 Å². The fourth-order valence-electron chi connectivity index (χ4n) is 4.18. The first-order valence-corrected chi connectivity index (χ1v) is 10.6. The Hall–Kier alpha value is -3.52. The molecule has 0 fully saturated rings. The third kappa shape index (κ3) is 3.57. The van der Waals surface area contributed by atoms with Crippen LogP contribution < -0.4 is 4.74 Å². The van der Waals surface area contributed by atoms with Crippen LogP contribution in [0.1, 0.15) is 29.3 Å². The number of fused-ring (bicyclic) bond motifs is 2. The van der Waals surface area contributed by atoms with Crippen molar-refractivity contribution in [3.8, 4) is 5.75 Å². The summed E-state index contributed by atoms with van der Waals surface area (Å²) in [5, 5.41) is 2.58. The van der Waals surface area contributed by atoms with E-state index in [9.17, 15) is 0 Å². The molecule has 0 aliphatic rings. The fourth-order valence-corrected chi connectivity index (χ4v) is 4.18. The molecule has 0 saturated heterocycles. The normalized spacial score (nSPS) is 11.2. The van der Waals surface area contributed by atoms with Crippen molar-refractivity contribution in [2.45, 2.75) is 26.4 Å². The zero-order valence-corrected chi connectivity index (χ0v) is 17.2. The van der Waals surface area contributed by atoms with Crippen LogP contribution in [-0.4, -0.2) is 4.40 Å². The Balaban J connectivity index is 1.49. The first-order chi connectivity index (χ1) is 14.8. The molecule has 148 valence electrons. The summed E-state index contributed by atoms with van der Waals surface area (Å²) in [4.78, 5) is 0. The summed E-state index contributed by atoms with van der Waals surface area (Å²) < 4.78 is 8.51. The maximum atomic E-state index is 6.21. The van der Waals surface area contributed by atoms with E-state index in [-0.39, 0.29) is 0 Å². The summed E-state index contributed by atoms with van der Waals surface area (Å²) in [6.07, 6.45) is 4.06.